The highest BCUT2D eigenvalue weighted by Gasteiger charge is 1.92. The van der Waals surface area contributed by atoms with E-state index in [-0.39, 0.29) is 12.2 Å². The summed E-state index contributed by atoms with van der Waals surface area (Å²) in [5.41, 5.74) is 0. The monoisotopic (exact) mass is 170 g/mol. The first kappa shape index (κ1) is 10.9. The zero-order valence-corrected chi connectivity index (χ0v) is 7.25. The summed E-state index contributed by atoms with van der Waals surface area (Å²) in [4.78, 5) is 20.5. The molecule has 0 aromatic heterocycles. The molecule has 0 aliphatic carbocycles. The lowest BCUT2D eigenvalue weighted by Gasteiger charge is -1.89. The first-order valence-corrected chi connectivity index (χ1v) is 3.99. The van der Waals surface area contributed by atoms with Crippen LogP contribution < -0.4 is 0 Å². The SMILES string of the molecule is CC(=O)CC/C=C\CCC(=O)O. The van der Waals surface area contributed by atoms with Crippen LogP contribution in [-0.2, 0) is 9.59 Å². The molecule has 12 heavy (non-hydrogen) atoms. The number of carboxylic acid groups (broad SMARTS) is 1. The first-order chi connectivity index (χ1) is 5.63. The highest BCUT2D eigenvalue weighted by molar-refractivity contribution is 5.75. The lowest BCUT2D eigenvalue weighted by Crippen LogP contribution is -1.91. The van der Waals surface area contributed by atoms with Crippen molar-refractivity contribution < 1.29 is 14.7 Å². The van der Waals surface area contributed by atoms with Crippen molar-refractivity contribution >= 4 is 11.8 Å². The number of carboxylic acids is 1. The zero-order chi connectivity index (χ0) is 9.40. The largest absolute Gasteiger partial charge is 0.481 e. The molecule has 0 unspecified atom stereocenters. The molecule has 0 bridgehead atoms. The lowest BCUT2D eigenvalue weighted by molar-refractivity contribution is -0.136. The van der Waals surface area contributed by atoms with Gasteiger partial charge in [0, 0.05) is 12.8 Å². The topological polar surface area (TPSA) is 54.4 Å². The molecule has 0 aliphatic heterocycles. The van der Waals surface area contributed by atoms with Gasteiger partial charge in [-0.1, -0.05) is 12.2 Å². The van der Waals surface area contributed by atoms with Crippen LogP contribution in [-0.4, -0.2) is 16.9 Å². The molecule has 3 heteroatoms. The van der Waals surface area contributed by atoms with Gasteiger partial charge >= 0.3 is 5.97 Å². The normalized spacial score (nSPS) is 10.4. The van der Waals surface area contributed by atoms with Crippen molar-refractivity contribution in [2.75, 3.05) is 0 Å². The van der Waals surface area contributed by atoms with Gasteiger partial charge in [-0.05, 0) is 19.8 Å². The lowest BCUT2D eigenvalue weighted by atomic mass is 10.2. The van der Waals surface area contributed by atoms with Crippen LogP contribution in [0.3, 0.4) is 0 Å². The summed E-state index contributed by atoms with van der Waals surface area (Å²) in [6, 6.07) is 0. The summed E-state index contributed by atoms with van der Waals surface area (Å²) in [5, 5.41) is 8.27. The maximum absolute atomic E-state index is 10.5. The van der Waals surface area contributed by atoms with Crippen LogP contribution in [0.5, 0.6) is 0 Å². The van der Waals surface area contributed by atoms with Gasteiger partial charge in [0.2, 0.25) is 0 Å². The first-order valence-electron chi connectivity index (χ1n) is 3.99. The van der Waals surface area contributed by atoms with Crippen molar-refractivity contribution in [3.8, 4) is 0 Å². The fraction of sp³-hybridized carbons (Fsp3) is 0.556. The second kappa shape index (κ2) is 6.58. The van der Waals surface area contributed by atoms with Gasteiger partial charge in [0.25, 0.3) is 0 Å². The molecule has 0 spiro atoms. The maximum atomic E-state index is 10.5. The number of aliphatic carboxylic acids is 1. The third-order valence-electron chi connectivity index (χ3n) is 1.35. The predicted octanol–water partition coefficient (Wildman–Crippen LogP) is 1.78. The Balaban J connectivity index is 3.26. The van der Waals surface area contributed by atoms with Crippen LogP contribution in [0.2, 0.25) is 0 Å². The highest BCUT2D eigenvalue weighted by Crippen LogP contribution is 1.96. The number of rotatable bonds is 6. The molecule has 0 heterocycles. The number of hydrogen-bond acceptors (Lipinski definition) is 2. The van der Waals surface area contributed by atoms with Crippen LogP contribution in [0.25, 0.3) is 0 Å². The van der Waals surface area contributed by atoms with Crippen LogP contribution in [0.15, 0.2) is 12.2 Å². The number of ketones is 1. The second-order valence-electron chi connectivity index (χ2n) is 2.64. The van der Waals surface area contributed by atoms with Crippen molar-refractivity contribution in [3.05, 3.63) is 12.2 Å². The maximum Gasteiger partial charge on any atom is 0.303 e. The molecule has 0 fully saturated rings. The molecule has 0 rings (SSSR count). The van der Waals surface area contributed by atoms with Gasteiger partial charge in [0.15, 0.2) is 0 Å². The Labute approximate surface area is 72.1 Å². The van der Waals surface area contributed by atoms with E-state index in [2.05, 4.69) is 0 Å². The number of carbonyl (C=O) groups excluding carboxylic acids is 1. The Bertz CT molecular complexity index is 162. The van der Waals surface area contributed by atoms with Gasteiger partial charge in [-0.15, -0.1) is 0 Å². The van der Waals surface area contributed by atoms with Gasteiger partial charge in [-0.3, -0.25) is 4.79 Å². The van der Waals surface area contributed by atoms with Gasteiger partial charge in [-0.25, -0.2) is 0 Å². The Morgan fingerprint density at radius 2 is 1.67 bits per heavy atom. The molecule has 0 aromatic rings. The molecular weight excluding hydrogens is 156 g/mol. The van der Waals surface area contributed by atoms with Crippen molar-refractivity contribution in [2.24, 2.45) is 0 Å². The Morgan fingerprint density at radius 1 is 1.17 bits per heavy atom. The molecule has 0 atom stereocenters. The average Bonchev–Trinajstić information content (AvgIpc) is 1.95. The van der Waals surface area contributed by atoms with Crippen LogP contribution >= 0.6 is 0 Å². The van der Waals surface area contributed by atoms with Gasteiger partial charge in [0.1, 0.15) is 5.78 Å². The minimum absolute atomic E-state index is 0.163. The van der Waals surface area contributed by atoms with Crippen LogP contribution in [0, 0.1) is 0 Å². The number of hydrogen-bond donors (Lipinski definition) is 1. The molecule has 68 valence electrons. The molecule has 3 nitrogen and oxygen atoms in total. The van der Waals surface area contributed by atoms with Crippen molar-refractivity contribution in [3.63, 3.8) is 0 Å². The predicted molar refractivity (Wildman–Crippen MR) is 45.9 cm³/mol. The van der Waals surface area contributed by atoms with E-state index < -0.39 is 5.97 Å². The molecule has 0 amide bonds. The van der Waals surface area contributed by atoms with E-state index >= 15 is 0 Å². The third-order valence-corrected chi connectivity index (χ3v) is 1.35. The minimum atomic E-state index is -0.786. The van der Waals surface area contributed by atoms with Crippen molar-refractivity contribution in [1.82, 2.24) is 0 Å². The standard InChI is InChI=1S/C9H14O3/c1-8(10)6-4-2-3-5-7-9(11)12/h2-3H,4-7H2,1H3,(H,11,12)/b3-2-. The smallest absolute Gasteiger partial charge is 0.303 e. The fourth-order valence-corrected chi connectivity index (χ4v) is 0.729. The van der Waals surface area contributed by atoms with Crippen LogP contribution in [0.4, 0.5) is 0 Å². The minimum Gasteiger partial charge on any atom is -0.481 e. The molecular formula is C9H14O3. The highest BCUT2D eigenvalue weighted by atomic mass is 16.4. The van der Waals surface area contributed by atoms with Crippen molar-refractivity contribution in [2.45, 2.75) is 32.6 Å². The summed E-state index contributed by atoms with van der Waals surface area (Å²) < 4.78 is 0. The molecule has 0 saturated heterocycles. The van der Waals surface area contributed by atoms with E-state index in [0.29, 0.717) is 12.8 Å². The Morgan fingerprint density at radius 3 is 2.08 bits per heavy atom. The number of Topliss-reactive ketones (excluding diaryl/α,β-unsaturated/α-hetero) is 1. The molecule has 1 N–H and O–H groups in total. The van der Waals surface area contributed by atoms with Crippen LogP contribution in [0.1, 0.15) is 32.6 Å². The number of carbonyl (C=O) groups is 2. The third kappa shape index (κ3) is 8.88. The van der Waals surface area contributed by atoms with E-state index in [1.807, 2.05) is 6.08 Å². The van der Waals surface area contributed by atoms with Gasteiger partial charge < -0.3 is 9.90 Å². The zero-order valence-electron chi connectivity index (χ0n) is 7.25. The van der Waals surface area contributed by atoms with Gasteiger partial charge in [0.05, 0.1) is 0 Å². The Hall–Kier alpha value is -1.12. The quantitative estimate of drug-likeness (QED) is 0.618. The summed E-state index contributed by atoms with van der Waals surface area (Å²) >= 11 is 0. The molecule has 0 aliphatic rings. The van der Waals surface area contributed by atoms with E-state index in [0.717, 1.165) is 6.42 Å². The summed E-state index contributed by atoms with van der Waals surface area (Å²) in [7, 11) is 0. The summed E-state index contributed by atoms with van der Waals surface area (Å²) in [6.07, 6.45) is 5.63. The van der Waals surface area contributed by atoms with E-state index in [1.54, 1.807) is 13.0 Å². The second-order valence-corrected chi connectivity index (χ2v) is 2.64. The summed E-state index contributed by atoms with van der Waals surface area (Å²) in [5.74, 6) is -0.621. The molecule has 0 aromatic carbocycles. The average molecular weight is 170 g/mol. The van der Waals surface area contributed by atoms with E-state index in [9.17, 15) is 9.59 Å². The summed E-state index contributed by atoms with van der Waals surface area (Å²) in [6.45, 7) is 1.55. The fourth-order valence-electron chi connectivity index (χ4n) is 0.729. The molecule has 0 saturated carbocycles. The van der Waals surface area contributed by atoms with Gasteiger partial charge in [-0.2, -0.15) is 0 Å². The molecule has 0 radical (unpaired) electrons. The Kier molecular flexibility index (Phi) is 5.97. The van der Waals surface area contributed by atoms with E-state index in [4.69, 9.17) is 5.11 Å². The number of allylic oxidation sites excluding steroid dienone is 2. The van der Waals surface area contributed by atoms with Crippen molar-refractivity contribution in [1.29, 1.82) is 0 Å². The van der Waals surface area contributed by atoms with E-state index in [1.165, 1.54) is 0 Å².